The first-order chi connectivity index (χ1) is 7.84. The average molecular weight is 242 g/mol. The van der Waals surface area contributed by atoms with E-state index in [2.05, 4.69) is 29.3 Å². The average Bonchev–Trinajstić information content (AvgIpc) is 2.62. The van der Waals surface area contributed by atoms with Gasteiger partial charge in [-0.3, -0.25) is 0 Å². The van der Waals surface area contributed by atoms with Gasteiger partial charge in [0.15, 0.2) is 0 Å². The Labute approximate surface area is 104 Å². The van der Waals surface area contributed by atoms with Gasteiger partial charge in [-0.1, -0.05) is 12.8 Å². The van der Waals surface area contributed by atoms with Gasteiger partial charge in [0.05, 0.1) is 0 Å². The molecule has 94 valence electrons. The highest BCUT2D eigenvalue weighted by Gasteiger charge is 2.20. The van der Waals surface area contributed by atoms with E-state index in [-0.39, 0.29) is 0 Å². The van der Waals surface area contributed by atoms with Gasteiger partial charge in [-0.2, -0.15) is 11.8 Å². The maximum atomic E-state index is 3.79. The quantitative estimate of drug-likeness (QED) is 0.791. The molecule has 0 aromatic carbocycles. The van der Waals surface area contributed by atoms with Gasteiger partial charge >= 0.3 is 0 Å². The Balaban J connectivity index is 1.66. The van der Waals surface area contributed by atoms with Crippen LogP contribution in [0.3, 0.4) is 0 Å². The summed E-state index contributed by atoms with van der Waals surface area (Å²) in [5, 5.41) is 7.48. The molecular formula is C13H26N2S. The molecule has 0 spiro atoms. The van der Waals surface area contributed by atoms with Crippen LogP contribution < -0.4 is 10.6 Å². The molecule has 2 nitrogen and oxygen atoms in total. The molecule has 2 fully saturated rings. The molecule has 2 rings (SSSR count). The van der Waals surface area contributed by atoms with Crippen molar-refractivity contribution in [3.63, 3.8) is 0 Å². The number of rotatable bonds is 4. The first-order valence-corrected chi connectivity index (χ1v) is 8.07. The van der Waals surface area contributed by atoms with Gasteiger partial charge < -0.3 is 10.6 Å². The molecule has 0 amide bonds. The van der Waals surface area contributed by atoms with Crippen molar-refractivity contribution in [3.8, 4) is 0 Å². The Bertz CT molecular complexity index is 184. The molecule has 2 heterocycles. The highest BCUT2D eigenvalue weighted by Crippen LogP contribution is 2.19. The Morgan fingerprint density at radius 1 is 1.31 bits per heavy atom. The molecule has 16 heavy (non-hydrogen) atoms. The first-order valence-electron chi connectivity index (χ1n) is 6.92. The molecule has 2 N–H and O–H groups in total. The fourth-order valence-electron chi connectivity index (χ4n) is 2.87. The molecule has 3 unspecified atom stereocenters. The summed E-state index contributed by atoms with van der Waals surface area (Å²) in [6.45, 7) is 3.59. The monoisotopic (exact) mass is 242 g/mol. The van der Waals surface area contributed by atoms with Crippen molar-refractivity contribution < 1.29 is 0 Å². The van der Waals surface area contributed by atoms with Crippen LogP contribution in [0, 0.1) is 0 Å². The lowest BCUT2D eigenvalue weighted by atomic mass is 10.0. The highest BCUT2D eigenvalue weighted by atomic mass is 32.2. The van der Waals surface area contributed by atoms with Gasteiger partial charge in [-0.05, 0) is 44.9 Å². The van der Waals surface area contributed by atoms with E-state index in [0.29, 0.717) is 6.04 Å². The van der Waals surface area contributed by atoms with Crippen molar-refractivity contribution in [2.45, 2.75) is 63.6 Å². The third-order valence-corrected chi connectivity index (χ3v) is 4.91. The molecule has 2 saturated heterocycles. The zero-order valence-electron chi connectivity index (χ0n) is 10.5. The van der Waals surface area contributed by atoms with E-state index < -0.39 is 0 Å². The summed E-state index contributed by atoms with van der Waals surface area (Å²) in [7, 11) is 0. The van der Waals surface area contributed by atoms with E-state index in [9.17, 15) is 0 Å². The molecular weight excluding hydrogens is 216 g/mol. The van der Waals surface area contributed by atoms with Gasteiger partial charge in [0.1, 0.15) is 0 Å². The molecule has 3 heteroatoms. The van der Waals surface area contributed by atoms with E-state index in [1.54, 1.807) is 0 Å². The number of hydrogen-bond donors (Lipinski definition) is 2. The predicted octanol–water partition coefficient (Wildman–Crippen LogP) is 2.39. The third-order valence-electron chi connectivity index (χ3n) is 3.75. The number of thioether (sulfide) groups is 1. The lowest BCUT2D eigenvalue weighted by Crippen LogP contribution is -2.41. The molecule has 0 aromatic heterocycles. The van der Waals surface area contributed by atoms with E-state index in [1.165, 1.54) is 56.6 Å². The second-order valence-electron chi connectivity index (χ2n) is 5.36. The van der Waals surface area contributed by atoms with Crippen LogP contribution in [-0.2, 0) is 0 Å². The van der Waals surface area contributed by atoms with Crippen molar-refractivity contribution in [1.82, 2.24) is 10.6 Å². The fraction of sp³-hybridized carbons (Fsp3) is 1.00. The Hall–Kier alpha value is 0.270. The van der Waals surface area contributed by atoms with Crippen LogP contribution in [0.2, 0.25) is 0 Å². The molecule has 2 aliphatic rings. The largest absolute Gasteiger partial charge is 0.314 e. The van der Waals surface area contributed by atoms with Gasteiger partial charge in [0.2, 0.25) is 0 Å². The smallest absolute Gasteiger partial charge is 0.0168 e. The fourth-order valence-corrected chi connectivity index (χ4v) is 4.03. The van der Waals surface area contributed by atoms with Crippen LogP contribution >= 0.6 is 11.8 Å². The van der Waals surface area contributed by atoms with Crippen molar-refractivity contribution >= 4 is 11.8 Å². The minimum atomic E-state index is 0.680. The zero-order chi connectivity index (χ0) is 11.2. The summed E-state index contributed by atoms with van der Waals surface area (Å²) in [6, 6.07) is 2.23. The van der Waals surface area contributed by atoms with Crippen molar-refractivity contribution in [2.75, 3.05) is 18.1 Å². The van der Waals surface area contributed by atoms with Gasteiger partial charge in [-0.25, -0.2) is 0 Å². The number of nitrogens with one attached hydrogen (secondary N) is 2. The summed E-state index contributed by atoms with van der Waals surface area (Å²) >= 11 is 2.10. The van der Waals surface area contributed by atoms with Crippen LogP contribution in [0.5, 0.6) is 0 Å². The zero-order valence-corrected chi connectivity index (χ0v) is 11.3. The van der Waals surface area contributed by atoms with Crippen LogP contribution in [0.25, 0.3) is 0 Å². The Morgan fingerprint density at radius 3 is 3.06 bits per heavy atom. The van der Waals surface area contributed by atoms with Crippen molar-refractivity contribution in [2.24, 2.45) is 0 Å². The minimum Gasteiger partial charge on any atom is -0.314 e. The molecule has 0 saturated carbocycles. The van der Waals surface area contributed by atoms with Crippen LogP contribution in [0.15, 0.2) is 0 Å². The summed E-state index contributed by atoms with van der Waals surface area (Å²) in [4.78, 5) is 0. The second kappa shape index (κ2) is 6.87. The first kappa shape index (κ1) is 12.7. The molecule has 0 aliphatic carbocycles. The van der Waals surface area contributed by atoms with Crippen molar-refractivity contribution in [3.05, 3.63) is 0 Å². The molecule has 0 radical (unpaired) electrons. The molecule has 3 atom stereocenters. The molecule has 0 aromatic rings. The SMILES string of the molecule is CC(CC1CCCCCN1)NC1CCSC1. The predicted molar refractivity (Wildman–Crippen MR) is 73.2 cm³/mol. The lowest BCUT2D eigenvalue weighted by molar-refractivity contribution is 0.379. The van der Waals surface area contributed by atoms with Gasteiger partial charge in [0.25, 0.3) is 0 Å². The number of hydrogen-bond acceptors (Lipinski definition) is 3. The van der Waals surface area contributed by atoms with E-state index in [0.717, 1.165) is 12.1 Å². The van der Waals surface area contributed by atoms with Crippen LogP contribution in [-0.4, -0.2) is 36.2 Å². The van der Waals surface area contributed by atoms with Crippen LogP contribution in [0.1, 0.15) is 45.4 Å². The van der Waals surface area contributed by atoms with Crippen LogP contribution in [0.4, 0.5) is 0 Å². The standard InChI is InChI=1S/C13H26N2S/c1-11(15-13-6-8-16-10-13)9-12-5-3-2-4-7-14-12/h11-15H,2-10H2,1H3. The van der Waals surface area contributed by atoms with Gasteiger partial charge in [-0.15, -0.1) is 0 Å². The normalized spacial score (nSPS) is 33.6. The summed E-state index contributed by atoms with van der Waals surface area (Å²) < 4.78 is 0. The minimum absolute atomic E-state index is 0.680. The summed E-state index contributed by atoms with van der Waals surface area (Å²) in [5.41, 5.74) is 0. The van der Waals surface area contributed by atoms with Crippen molar-refractivity contribution in [1.29, 1.82) is 0 Å². The lowest BCUT2D eigenvalue weighted by Gasteiger charge is -2.24. The third kappa shape index (κ3) is 4.27. The van der Waals surface area contributed by atoms with Gasteiger partial charge in [0, 0.05) is 23.9 Å². The van der Waals surface area contributed by atoms with E-state index in [4.69, 9.17) is 0 Å². The maximum absolute atomic E-state index is 3.79. The Kier molecular flexibility index (Phi) is 5.46. The summed E-state index contributed by atoms with van der Waals surface area (Å²) in [5.74, 6) is 2.68. The van der Waals surface area contributed by atoms with E-state index >= 15 is 0 Å². The maximum Gasteiger partial charge on any atom is 0.0168 e. The topological polar surface area (TPSA) is 24.1 Å². The Morgan fingerprint density at radius 2 is 2.25 bits per heavy atom. The van der Waals surface area contributed by atoms with E-state index in [1.807, 2.05) is 0 Å². The highest BCUT2D eigenvalue weighted by molar-refractivity contribution is 7.99. The summed E-state index contributed by atoms with van der Waals surface area (Å²) in [6.07, 6.45) is 8.27. The molecule has 2 aliphatic heterocycles. The molecule has 0 bridgehead atoms. The second-order valence-corrected chi connectivity index (χ2v) is 6.51.